The minimum absolute atomic E-state index is 0.124. The summed E-state index contributed by atoms with van der Waals surface area (Å²) in [5.74, 6) is 1.05. The molecule has 5 aromatic carbocycles. The van der Waals surface area contributed by atoms with Crippen molar-refractivity contribution in [3.8, 4) is 5.69 Å². The smallest absolute Gasteiger partial charge is 0.0549 e. The highest BCUT2D eigenvalue weighted by atomic mass is 32.2. The van der Waals surface area contributed by atoms with Gasteiger partial charge in [0.05, 0.1) is 5.52 Å². The quantitative estimate of drug-likeness (QED) is 0.160. The molecule has 5 atom stereocenters. The van der Waals surface area contributed by atoms with E-state index in [1.807, 2.05) is 30.2 Å². The van der Waals surface area contributed by atoms with Gasteiger partial charge in [-0.05, 0) is 109 Å². The van der Waals surface area contributed by atoms with Crippen molar-refractivity contribution in [2.75, 3.05) is 10.2 Å². The average Bonchev–Trinajstić information content (AvgIpc) is 3.89. The fraction of sp³-hybridized carbons (Fsp3) is 0.160. The van der Waals surface area contributed by atoms with E-state index in [-0.39, 0.29) is 6.04 Å². The zero-order valence-corrected chi connectivity index (χ0v) is 32.0. The fourth-order valence-electron chi connectivity index (χ4n) is 9.79. The van der Waals surface area contributed by atoms with E-state index in [9.17, 15) is 0 Å². The number of para-hydroxylation sites is 2. The van der Waals surface area contributed by atoms with Crippen LogP contribution in [0.1, 0.15) is 76.2 Å². The lowest BCUT2D eigenvalue weighted by Gasteiger charge is -2.32. The molecule has 7 aromatic rings. The molecule has 2 aliphatic heterocycles. The Labute approximate surface area is 331 Å². The van der Waals surface area contributed by atoms with Crippen molar-refractivity contribution in [2.45, 2.75) is 53.7 Å². The number of thioether (sulfide) groups is 1. The van der Waals surface area contributed by atoms with Gasteiger partial charge in [0.1, 0.15) is 0 Å². The molecule has 4 heterocycles. The van der Waals surface area contributed by atoms with Gasteiger partial charge in [0.15, 0.2) is 0 Å². The molecule has 56 heavy (non-hydrogen) atoms. The third-order valence-corrected chi connectivity index (χ3v) is 13.8. The lowest BCUT2D eigenvalue weighted by molar-refractivity contribution is 0.566. The van der Waals surface area contributed by atoms with Crippen LogP contribution in [0.5, 0.6) is 0 Å². The maximum atomic E-state index is 8.41. The van der Waals surface area contributed by atoms with Crippen molar-refractivity contribution in [1.82, 2.24) is 9.55 Å². The predicted octanol–water partition coefficient (Wildman–Crippen LogP) is 12.3. The molecule has 2 N–H and O–H groups in total. The van der Waals surface area contributed by atoms with Crippen LogP contribution in [0.25, 0.3) is 22.7 Å². The largest absolute Gasteiger partial charge is 0.378 e. The summed E-state index contributed by atoms with van der Waals surface area (Å²) in [6.45, 7) is 2.17. The van der Waals surface area contributed by atoms with E-state index >= 15 is 0 Å². The zero-order chi connectivity index (χ0) is 37.3. The number of hydrogen-bond acceptors (Lipinski definition) is 5. The van der Waals surface area contributed by atoms with Crippen molar-refractivity contribution in [1.29, 1.82) is 5.41 Å². The monoisotopic (exact) mass is 743 g/mol. The summed E-state index contributed by atoms with van der Waals surface area (Å²) in [6.07, 6.45) is 14.7. The molecule has 4 aliphatic rings. The summed E-state index contributed by atoms with van der Waals surface area (Å²) in [5, 5.41) is 13.8. The molecule has 0 fully saturated rings. The highest BCUT2D eigenvalue weighted by Gasteiger charge is 2.45. The summed E-state index contributed by atoms with van der Waals surface area (Å²) in [7, 11) is 0. The molecule has 0 saturated heterocycles. The number of aromatic nitrogens is 2. The SMILES string of the molecule is CC(Nc1ccc(N2C3=CC4Sc5cc6c(cc5C4CC3c3ccccc32)c2c(n6-c3ccccc3)CC(c3ccncc3)C=C2)cc1C=N)c1ccccc1. The van der Waals surface area contributed by atoms with Crippen LogP contribution in [-0.2, 0) is 6.42 Å². The molecule has 0 spiro atoms. The first-order valence-corrected chi connectivity index (χ1v) is 20.6. The van der Waals surface area contributed by atoms with Crippen molar-refractivity contribution in [3.05, 3.63) is 197 Å². The molecule has 0 saturated carbocycles. The first-order valence-electron chi connectivity index (χ1n) is 19.7. The van der Waals surface area contributed by atoms with Crippen molar-refractivity contribution in [2.24, 2.45) is 0 Å². The second kappa shape index (κ2) is 13.3. The van der Waals surface area contributed by atoms with E-state index < -0.39 is 0 Å². The number of benzene rings is 5. The van der Waals surface area contributed by atoms with Crippen LogP contribution in [0.15, 0.2) is 163 Å². The Morgan fingerprint density at radius 3 is 2.45 bits per heavy atom. The average molecular weight is 744 g/mol. The second-order valence-corrected chi connectivity index (χ2v) is 16.8. The number of nitrogens with zero attached hydrogens (tertiary/aromatic N) is 3. The molecule has 2 aliphatic carbocycles. The van der Waals surface area contributed by atoms with Crippen LogP contribution in [-0.4, -0.2) is 21.0 Å². The topological polar surface area (TPSA) is 56.9 Å². The molecule has 0 radical (unpaired) electrons. The molecular formula is C50H41N5S. The summed E-state index contributed by atoms with van der Waals surface area (Å²) < 4.78 is 2.52. The fourth-order valence-corrected chi connectivity index (χ4v) is 11.2. The van der Waals surface area contributed by atoms with Crippen LogP contribution in [0.3, 0.4) is 0 Å². The maximum absolute atomic E-state index is 8.41. The summed E-state index contributed by atoms with van der Waals surface area (Å²) in [5.41, 5.74) is 16.2. The van der Waals surface area contributed by atoms with E-state index in [4.69, 9.17) is 5.41 Å². The number of rotatable bonds is 7. The lowest BCUT2D eigenvalue weighted by atomic mass is 9.78. The molecular weight excluding hydrogens is 703 g/mol. The molecule has 2 aromatic heterocycles. The molecule has 272 valence electrons. The first-order chi connectivity index (χ1) is 27.6. The number of nitrogens with one attached hydrogen (secondary N) is 2. The normalized spacial score (nSPS) is 20.7. The van der Waals surface area contributed by atoms with Crippen molar-refractivity contribution in [3.63, 3.8) is 0 Å². The van der Waals surface area contributed by atoms with Crippen molar-refractivity contribution < 1.29 is 0 Å². The number of allylic oxidation sites excluding steroid dienone is 2. The molecule has 0 amide bonds. The van der Waals surface area contributed by atoms with E-state index in [1.165, 1.54) is 72.6 Å². The Hall–Kier alpha value is -6.11. The number of pyridine rings is 1. The number of fused-ring (bicyclic) bond motifs is 9. The Morgan fingerprint density at radius 2 is 1.62 bits per heavy atom. The van der Waals surface area contributed by atoms with E-state index in [0.717, 1.165) is 29.8 Å². The molecule has 11 rings (SSSR count). The molecule has 5 nitrogen and oxygen atoms in total. The van der Waals surface area contributed by atoms with Gasteiger partial charge < -0.3 is 20.2 Å². The van der Waals surface area contributed by atoms with Gasteiger partial charge in [-0.15, -0.1) is 11.8 Å². The van der Waals surface area contributed by atoms with Gasteiger partial charge >= 0.3 is 0 Å². The Balaban J connectivity index is 0.972. The van der Waals surface area contributed by atoms with Crippen LogP contribution in [0, 0.1) is 5.41 Å². The van der Waals surface area contributed by atoms with E-state index in [2.05, 4.69) is 166 Å². The second-order valence-electron chi connectivity index (χ2n) is 15.5. The van der Waals surface area contributed by atoms with E-state index in [1.54, 1.807) is 0 Å². The first kappa shape index (κ1) is 33.2. The Bertz CT molecular complexity index is 2720. The van der Waals surface area contributed by atoms with Crippen LogP contribution in [0.2, 0.25) is 0 Å². The third kappa shape index (κ3) is 5.30. The van der Waals surface area contributed by atoms with Crippen LogP contribution >= 0.6 is 11.8 Å². The van der Waals surface area contributed by atoms with Gasteiger partial charge in [-0.25, -0.2) is 0 Å². The van der Waals surface area contributed by atoms with Crippen LogP contribution in [0.4, 0.5) is 17.1 Å². The lowest BCUT2D eigenvalue weighted by Crippen LogP contribution is -2.23. The number of hydrogen-bond donors (Lipinski definition) is 2. The Morgan fingerprint density at radius 1 is 0.839 bits per heavy atom. The maximum Gasteiger partial charge on any atom is 0.0549 e. The zero-order valence-electron chi connectivity index (χ0n) is 31.1. The third-order valence-electron chi connectivity index (χ3n) is 12.5. The molecule has 6 heteroatoms. The standard InChI is InChI=1S/C50H41N5S/c1-31(32-10-4-2-5-11-32)53-44-19-17-37(24-35(44)30-51)55-45-15-9-8-14-38(45)40-26-42-43-27-41-39-18-16-34(33-20-22-52-23-21-33)25-46(39)54(36-12-6-3-7-13-36)47(41)28-49(43)56-50(42)29-48(40)55/h2-24,27-31,34,40,42,50-51,53H,25-26H2,1H3. The highest BCUT2D eigenvalue weighted by molar-refractivity contribution is 8.00. The van der Waals surface area contributed by atoms with Gasteiger partial charge in [0.2, 0.25) is 0 Å². The summed E-state index contributed by atoms with van der Waals surface area (Å²) >= 11 is 2.03. The van der Waals surface area contributed by atoms with Gasteiger partial charge in [-0.1, -0.05) is 78.9 Å². The predicted molar refractivity (Wildman–Crippen MR) is 232 cm³/mol. The summed E-state index contributed by atoms with van der Waals surface area (Å²) in [6, 6.07) is 46.4. The minimum Gasteiger partial charge on any atom is -0.378 e. The number of anilines is 3. The van der Waals surface area contributed by atoms with Gasteiger partial charge in [0.25, 0.3) is 0 Å². The Kier molecular flexibility index (Phi) is 7.88. The van der Waals surface area contributed by atoms with Crippen molar-refractivity contribution >= 4 is 52.0 Å². The van der Waals surface area contributed by atoms with E-state index in [0.29, 0.717) is 23.0 Å². The molecule has 5 unspecified atom stereocenters. The minimum atomic E-state index is 0.124. The van der Waals surface area contributed by atoms with Gasteiger partial charge in [0, 0.05) is 103 Å². The highest BCUT2D eigenvalue weighted by Crippen LogP contribution is 2.60. The molecule has 0 bridgehead atoms. The van der Waals surface area contributed by atoms with Gasteiger partial charge in [-0.3, -0.25) is 4.98 Å². The van der Waals surface area contributed by atoms with Crippen LogP contribution < -0.4 is 10.2 Å². The van der Waals surface area contributed by atoms with Gasteiger partial charge in [-0.2, -0.15) is 0 Å². The summed E-state index contributed by atoms with van der Waals surface area (Å²) in [4.78, 5) is 8.16.